The van der Waals surface area contributed by atoms with Crippen molar-refractivity contribution in [1.29, 1.82) is 0 Å². The van der Waals surface area contributed by atoms with Gasteiger partial charge in [-0.3, -0.25) is 9.59 Å². The number of nitrogens with zero attached hydrogens (tertiary/aromatic N) is 3. The molecule has 0 atom stereocenters. The molecule has 0 unspecified atom stereocenters. The van der Waals surface area contributed by atoms with Crippen LogP contribution in [0.5, 0.6) is 0 Å². The number of halogens is 1. The Kier molecular flexibility index (Phi) is 6.99. The van der Waals surface area contributed by atoms with Crippen molar-refractivity contribution in [1.82, 2.24) is 20.3 Å². The number of ether oxygens (including phenoxy) is 1. The Balaban J connectivity index is 1.48. The summed E-state index contributed by atoms with van der Waals surface area (Å²) in [6.07, 6.45) is 0. The second kappa shape index (κ2) is 9.86. The van der Waals surface area contributed by atoms with Crippen LogP contribution in [-0.4, -0.2) is 45.9 Å². The second-order valence-electron chi connectivity index (χ2n) is 6.57. The van der Waals surface area contributed by atoms with E-state index in [2.05, 4.69) is 20.8 Å². The minimum absolute atomic E-state index is 0.00540. The highest BCUT2D eigenvalue weighted by Crippen LogP contribution is 2.22. The first-order valence-electron chi connectivity index (χ1n) is 9.33. The maximum absolute atomic E-state index is 12.3. The molecule has 0 bridgehead atoms. The van der Waals surface area contributed by atoms with Crippen LogP contribution in [0, 0.1) is 13.8 Å². The number of aryl methyl sites for hydroxylation is 1. The van der Waals surface area contributed by atoms with Gasteiger partial charge in [0.25, 0.3) is 5.91 Å². The first-order valence-corrected chi connectivity index (χ1v) is 9.71. The lowest BCUT2D eigenvalue weighted by Crippen LogP contribution is -2.35. The summed E-state index contributed by atoms with van der Waals surface area (Å²) in [6.45, 7) is 2.54. The van der Waals surface area contributed by atoms with Crippen molar-refractivity contribution in [3.8, 4) is 5.69 Å². The molecular formula is C21H20ClN5O4. The predicted octanol–water partition coefficient (Wildman–Crippen LogP) is 2.45. The Bertz CT molecular complexity index is 1110. The van der Waals surface area contributed by atoms with Crippen molar-refractivity contribution in [2.75, 3.05) is 18.5 Å². The number of hydrogen-bond acceptors (Lipinski definition) is 6. The maximum Gasteiger partial charge on any atom is 0.361 e. The SMILES string of the molecule is Cc1nn(-c2ccccc2)nc1C(=O)OCC(=O)NCC(=O)Nc1cccc(Cl)c1C. The van der Waals surface area contributed by atoms with Gasteiger partial charge in [-0.25, -0.2) is 4.79 Å². The number of para-hydroxylation sites is 1. The van der Waals surface area contributed by atoms with E-state index in [0.717, 1.165) is 5.56 Å². The van der Waals surface area contributed by atoms with Gasteiger partial charge in [-0.2, -0.15) is 9.90 Å². The van der Waals surface area contributed by atoms with Crippen molar-refractivity contribution in [3.05, 3.63) is 70.5 Å². The van der Waals surface area contributed by atoms with Crippen LogP contribution in [0.25, 0.3) is 5.69 Å². The average Bonchev–Trinajstić information content (AvgIpc) is 3.16. The summed E-state index contributed by atoms with van der Waals surface area (Å²) in [5.74, 6) is -1.85. The first-order chi connectivity index (χ1) is 14.8. The molecule has 9 nitrogen and oxygen atoms in total. The van der Waals surface area contributed by atoms with E-state index in [1.165, 1.54) is 4.80 Å². The largest absolute Gasteiger partial charge is 0.451 e. The molecule has 3 aromatic rings. The number of carbonyl (C=O) groups excluding carboxylic acids is 3. The normalized spacial score (nSPS) is 10.4. The van der Waals surface area contributed by atoms with Crippen LogP contribution < -0.4 is 10.6 Å². The van der Waals surface area contributed by atoms with Gasteiger partial charge in [0.15, 0.2) is 12.3 Å². The minimum Gasteiger partial charge on any atom is -0.451 e. The van der Waals surface area contributed by atoms with Crippen LogP contribution in [0.3, 0.4) is 0 Å². The first kappa shape index (κ1) is 22.0. The van der Waals surface area contributed by atoms with Crippen molar-refractivity contribution in [2.45, 2.75) is 13.8 Å². The Morgan fingerprint density at radius 1 is 1.00 bits per heavy atom. The van der Waals surface area contributed by atoms with E-state index in [4.69, 9.17) is 16.3 Å². The summed E-state index contributed by atoms with van der Waals surface area (Å²) in [6, 6.07) is 14.2. The lowest BCUT2D eigenvalue weighted by atomic mass is 10.2. The lowest BCUT2D eigenvalue weighted by molar-refractivity contribution is -0.126. The summed E-state index contributed by atoms with van der Waals surface area (Å²) < 4.78 is 4.99. The molecule has 10 heteroatoms. The zero-order chi connectivity index (χ0) is 22.4. The van der Waals surface area contributed by atoms with Crippen LogP contribution >= 0.6 is 11.6 Å². The molecule has 0 radical (unpaired) electrons. The molecule has 3 rings (SSSR count). The van der Waals surface area contributed by atoms with Gasteiger partial charge in [-0.15, -0.1) is 5.10 Å². The molecule has 160 valence electrons. The summed E-state index contributed by atoms with van der Waals surface area (Å²) in [5, 5.41) is 13.9. The zero-order valence-electron chi connectivity index (χ0n) is 16.9. The molecule has 31 heavy (non-hydrogen) atoms. The number of esters is 1. The van der Waals surface area contributed by atoms with E-state index >= 15 is 0 Å². The average molecular weight is 442 g/mol. The number of benzene rings is 2. The molecule has 0 spiro atoms. The third kappa shape index (κ3) is 5.67. The monoisotopic (exact) mass is 441 g/mol. The zero-order valence-corrected chi connectivity index (χ0v) is 17.6. The number of rotatable bonds is 7. The molecule has 0 aliphatic rings. The predicted molar refractivity (Wildman–Crippen MR) is 114 cm³/mol. The molecule has 0 fully saturated rings. The minimum atomic E-state index is -0.783. The summed E-state index contributed by atoms with van der Waals surface area (Å²) in [7, 11) is 0. The van der Waals surface area contributed by atoms with Crippen LogP contribution in [0.2, 0.25) is 5.02 Å². The highest BCUT2D eigenvalue weighted by molar-refractivity contribution is 6.31. The standard InChI is InChI=1S/C21H20ClN5O4/c1-13-16(22)9-6-10-17(13)24-18(28)11-23-19(29)12-31-21(30)20-14(2)25-27(26-20)15-7-4-3-5-8-15/h3-10H,11-12H2,1-2H3,(H,23,29)(H,24,28). The van der Waals surface area contributed by atoms with Crippen molar-refractivity contribution in [3.63, 3.8) is 0 Å². The molecule has 2 amide bonds. The Morgan fingerprint density at radius 2 is 1.74 bits per heavy atom. The maximum atomic E-state index is 12.3. The summed E-state index contributed by atoms with van der Waals surface area (Å²) in [5.41, 5.74) is 2.33. The molecular weight excluding hydrogens is 422 g/mol. The third-order valence-electron chi connectivity index (χ3n) is 4.28. The van der Waals surface area contributed by atoms with Crippen LogP contribution in [0.4, 0.5) is 5.69 Å². The van der Waals surface area contributed by atoms with Crippen LogP contribution in [0.15, 0.2) is 48.5 Å². The Labute approximate surface area is 183 Å². The van der Waals surface area contributed by atoms with Crippen LogP contribution in [0.1, 0.15) is 21.7 Å². The highest BCUT2D eigenvalue weighted by atomic mass is 35.5. The van der Waals surface area contributed by atoms with Crippen molar-refractivity contribution < 1.29 is 19.1 Å². The van der Waals surface area contributed by atoms with E-state index in [9.17, 15) is 14.4 Å². The van der Waals surface area contributed by atoms with E-state index in [1.54, 1.807) is 44.2 Å². The highest BCUT2D eigenvalue weighted by Gasteiger charge is 2.19. The smallest absolute Gasteiger partial charge is 0.361 e. The number of anilines is 1. The topological polar surface area (TPSA) is 115 Å². The number of amides is 2. The van der Waals surface area contributed by atoms with Gasteiger partial charge >= 0.3 is 5.97 Å². The fourth-order valence-electron chi connectivity index (χ4n) is 2.61. The molecule has 1 aromatic heterocycles. The fraction of sp³-hybridized carbons (Fsp3) is 0.190. The van der Waals surface area contributed by atoms with Gasteiger partial charge in [-0.1, -0.05) is 35.9 Å². The van der Waals surface area contributed by atoms with Gasteiger partial charge in [0.05, 0.1) is 17.9 Å². The van der Waals surface area contributed by atoms with E-state index in [0.29, 0.717) is 22.1 Å². The van der Waals surface area contributed by atoms with E-state index < -0.39 is 24.4 Å². The van der Waals surface area contributed by atoms with Gasteiger partial charge in [0.1, 0.15) is 0 Å². The van der Waals surface area contributed by atoms with Gasteiger partial charge < -0.3 is 15.4 Å². The Morgan fingerprint density at radius 3 is 2.48 bits per heavy atom. The number of aromatic nitrogens is 3. The van der Waals surface area contributed by atoms with Gasteiger partial charge in [-0.05, 0) is 43.7 Å². The molecule has 2 aromatic carbocycles. The van der Waals surface area contributed by atoms with Crippen LogP contribution in [-0.2, 0) is 14.3 Å². The summed E-state index contributed by atoms with van der Waals surface area (Å²) in [4.78, 5) is 37.5. The van der Waals surface area contributed by atoms with Crippen molar-refractivity contribution in [2.24, 2.45) is 0 Å². The molecule has 2 N–H and O–H groups in total. The van der Waals surface area contributed by atoms with E-state index in [-0.39, 0.29) is 12.2 Å². The van der Waals surface area contributed by atoms with E-state index in [1.807, 2.05) is 18.2 Å². The quantitative estimate of drug-likeness (QED) is 0.544. The lowest BCUT2D eigenvalue weighted by Gasteiger charge is -2.10. The Hall–Kier alpha value is -3.72. The van der Waals surface area contributed by atoms with Gasteiger partial charge in [0, 0.05) is 10.7 Å². The van der Waals surface area contributed by atoms with Gasteiger partial charge in [0.2, 0.25) is 5.91 Å². The molecule has 0 aliphatic heterocycles. The number of hydrogen-bond donors (Lipinski definition) is 2. The molecule has 0 saturated heterocycles. The number of nitrogens with one attached hydrogen (secondary N) is 2. The second-order valence-corrected chi connectivity index (χ2v) is 6.98. The summed E-state index contributed by atoms with van der Waals surface area (Å²) >= 11 is 6.01. The fourth-order valence-corrected chi connectivity index (χ4v) is 2.79. The van der Waals surface area contributed by atoms with Crippen molar-refractivity contribution >= 4 is 35.1 Å². The number of carbonyl (C=O) groups is 3. The molecule has 1 heterocycles. The molecule has 0 saturated carbocycles. The molecule has 0 aliphatic carbocycles. The third-order valence-corrected chi connectivity index (χ3v) is 4.69.